The highest BCUT2D eigenvalue weighted by Crippen LogP contribution is 2.52. The van der Waals surface area contributed by atoms with E-state index in [1.54, 1.807) is 0 Å². The zero-order valence-corrected chi connectivity index (χ0v) is 12.4. The zero-order valence-electron chi connectivity index (χ0n) is 12.4. The van der Waals surface area contributed by atoms with Crippen molar-refractivity contribution in [3.05, 3.63) is 0 Å². The van der Waals surface area contributed by atoms with Gasteiger partial charge < -0.3 is 5.32 Å². The highest BCUT2D eigenvalue weighted by Gasteiger charge is 2.47. The van der Waals surface area contributed by atoms with Crippen LogP contribution in [0, 0.1) is 10.8 Å². The molecular weight excluding hydrogens is 218 g/mol. The molecule has 0 saturated heterocycles. The van der Waals surface area contributed by atoms with Gasteiger partial charge in [-0.2, -0.15) is 0 Å². The Hall–Kier alpha value is -0.0400. The van der Waals surface area contributed by atoms with E-state index in [0.29, 0.717) is 5.41 Å². The van der Waals surface area contributed by atoms with E-state index in [4.69, 9.17) is 0 Å². The predicted molar refractivity (Wildman–Crippen MR) is 77.7 cm³/mol. The molecule has 1 nitrogen and oxygen atoms in total. The standard InChI is InChI=1S/C17H31N/c1-16(2)9-6-7-14(13-16)18-15-8-12-17(15)10-4-3-5-11-17/h14-15,18H,3-13H2,1-2H3. The summed E-state index contributed by atoms with van der Waals surface area (Å²) in [6.45, 7) is 4.91. The molecule has 0 aliphatic heterocycles. The van der Waals surface area contributed by atoms with Crippen LogP contribution >= 0.6 is 0 Å². The Morgan fingerprint density at radius 3 is 2.22 bits per heavy atom. The molecule has 2 unspecified atom stereocenters. The van der Waals surface area contributed by atoms with Crippen molar-refractivity contribution < 1.29 is 0 Å². The molecule has 1 heteroatoms. The largest absolute Gasteiger partial charge is 0.311 e. The van der Waals surface area contributed by atoms with Crippen LogP contribution < -0.4 is 5.32 Å². The molecule has 3 aliphatic carbocycles. The minimum absolute atomic E-state index is 0.583. The van der Waals surface area contributed by atoms with Crippen LogP contribution in [0.1, 0.15) is 84.5 Å². The van der Waals surface area contributed by atoms with Gasteiger partial charge in [-0.15, -0.1) is 0 Å². The second kappa shape index (κ2) is 4.81. The predicted octanol–water partition coefficient (Wildman–Crippen LogP) is 4.66. The van der Waals surface area contributed by atoms with Crippen molar-refractivity contribution in [2.75, 3.05) is 0 Å². The Bertz CT molecular complexity index is 288. The fraction of sp³-hybridized carbons (Fsp3) is 1.00. The lowest BCUT2D eigenvalue weighted by Crippen LogP contribution is -2.57. The summed E-state index contributed by atoms with van der Waals surface area (Å²) < 4.78 is 0. The van der Waals surface area contributed by atoms with Gasteiger partial charge in [0.2, 0.25) is 0 Å². The molecule has 2 atom stereocenters. The van der Waals surface area contributed by atoms with Gasteiger partial charge in [-0.1, -0.05) is 39.5 Å². The Morgan fingerprint density at radius 1 is 0.833 bits per heavy atom. The SMILES string of the molecule is CC1(C)CCCC(NC2CCC23CCCCC3)C1. The van der Waals surface area contributed by atoms with E-state index in [0.717, 1.165) is 17.5 Å². The highest BCUT2D eigenvalue weighted by atomic mass is 15.0. The van der Waals surface area contributed by atoms with Crippen molar-refractivity contribution in [2.24, 2.45) is 10.8 Å². The third kappa shape index (κ3) is 2.48. The molecule has 0 radical (unpaired) electrons. The van der Waals surface area contributed by atoms with Gasteiger partial charge in [0.15, 0.2) is 0 Å². The summed E-state index contributed by atoms with van der Waals surface area (Å²) in [7, 11) is 0. The van der Waals surface area contributed by atoms with Crippen LogP contribution in [0.5, 0.6) is 0 Å². The molecule has 3 fully saturated rings. The highest BCUT2D eigenvalue weighted by molar-refractivity contribution is 5.03. The van der Waals surface area contributed by atoms with Crippen molar-refractivity contribution >= 4 is 0 Å². The fourth-order valence-electron chi connectivity index (χ4n) is 4.94. The lowest BCUT2D eigenvalue weighted by Gasteiger charge is -2.54. The fourth-order valence-corrected chi connectivity index (χ4v) is 4.94. The maximum absolute atomic E-state index is 4.07. The normalized spacial score (nSPS) is 38.3. The van der Waals surface area contributed by atoms with Gasteiger partial charge in [0.05, 0.1) is 0 Å². The third-order valence-electron chi connectivity index (χ3n) is 6.16. The van der Waals surface area contributed by atoms with Gasteiger partial charge in [0.25, 0.3) is 0 Å². The second-order valence-corrected chi connectivity index (χ2v) is 8.14. The average Bonchev–Trinajstić information content (AvgIpc) is 2.35. The van der Waals surface area contributed by atoms with E-state index in [1.165, 1.54) is 70.6 Å². The molecule has 0 amide bonds. The van der Waals surface area contributed by atoms with Gasteiger partial charge >= 0.3 is 0 Å². The molecule has 104 valence electrons. The second-order valence-electron chi connectivity index (χ2n) is 8.14. The molecule has 1 N–H and O–H groups in total. The van der Waals surface area contributed by atoms with Crippen LogP contribution in [0.15, 0.2) is 0 Å². The monoisotopic (exact) mass is 249 g/mol. The Balaban J connectivity index is 1.56. The average molecular weight is 249 g/mol. The van der Waals surface area contributed by atoms with Crippen LogP contribution in [0.2, 0.25) is 0 Å². The molecule has 3 aliphatic rings. The molecule has 0 aromatic carbocycles. The zero-order chi connectivity index (χ0) is 12.6. The first-order valence-corrected chi connectivity index (χ1v) is 8.36. The summed E-state index contributed by atoms with van der Waals surface area (Å²) in [5.41, 5.74) is 1.32. The molecule has 0 bridgehead atoms. The first kappa shape index (κ1) is 13.0. The summed E-state index contributed by atoms with van der Waals surface area (Å²) >= 11 is 0. The lowest BCUT2D eigenvalue weighted by atomic mass is 9.57. The molecule has 0 heterocycles. The van der Waals surface area contributed by atoms with Gasteiger partial charge in [-0.05, 0) is 55.8 Å². The summed E-state index contributed by atoms with van der Waals surface area (Å²) in [5.74, 6) is 0. The van der Waals surface area contributed by atoms with Crippen LogP contribution in [-0.4, -0.2) is 12.1 Å². The van der Waals surface area contributed by atoms with Crippen LogP contribution in [-0.2, 0) is 0 Å². The van der Waals surface area contributed by atoms with E-state index in [9.17, 15) is 0 Å². The summed E-state index contributed by atoms with van der Waals surface area (Å²) in [5, 5.41) is 4.07. The van der Waals surface area contributed by atoms with Crippen molar-refractivity contribution in [3.8, 4) is 0 Å². The maximum Gasteiger partial charge on any atom is 0.0126 e. The third-order valence-corrected chi connectivity index (χ3v) is 6.16. The van der Waals surface area contributed by atoms with E-state index in [2.05, 4.69) is 19.2 Å². The Kier molecular flexibility index (Phi) is 3.47. The van der Waals surface area contributed by atoms with Crippen LogP contribution in [0.3, 0.4) is 0 Å². The van der Waals surface area contributed by atoms with E-state index in [1.807, 2.05) is 0 Å². The molecule has 18 heavy (non-hydrogen) atoms. The summed E-state index contributed by atoms with van der Waals surface area (Å²) in [6.07, 6.45) is 16.2. The maximum atomic E-state index is 4.07. The van der Waals surface area contributed by atoms with Crippen LogP contribution in [0.25, 0.3) is 0 Å². The van der Waals surface area contributed by atoms with E-state index in [-0.39, 0.29) is 0 Å². The topological polar surface area (TPSA) is 12.0 Å². The van der Waals surface area contributed by atoms with Gasteiger partial charge in [0.1, 0.15) is 0 Å². The molecule has 3 rings (SSSR count). The molecular formula is C17H31N. The number of nitrogens with one attached hydrogen (secondary N) is 1. The van der Waals surface area contributed by atoms with Gasteiger partial charge in [-0.25, -0.2) is 0 Å². The molecule has 0 aromatic rings. The Morgan fingerprint density at radius 2 is 1.61 bits per heavy atom. The van der Waals surface area contributed by atoms with Gasteiger partial charge in [0, 0.05) is 12.1 Å². The number of hydrogen-bond donors (Lipinski definition) is 1. The first-order valence-electron chi connectivity index (χ1n) is 8.36. The number of hydrogen-bond acceptors (Lipinski definition) is 1. The lowest BCUT2D eigenvalue weighted by molar-refractivity contribution is 0.00855. The minimum Gasteiger partial charge on any atom is -0.311 e. The summed E-state index contributed by atoms with van der Waals surface area (Å²) in [6, 6.07) is 1.69. The van der Waals surface area contributed by atoms with Crippen molar-refractivity contribution in [3.63, 3.8) is 0 Å². The first-order chi connectivity index (χ1) is 8.60. The molecule has 1 spiro atoms. The van der Waals surface area contributed by atoms with Crippen LogP contribution in [0.4, 0.5) is 0 Å². The smallest absolute Gasteiger partial charge is 0.0126 e. The van der Waals surface area contributed by atoms with Gasteiger partial charge in [-0.3, -0.25) is 0 Å². The Labute approximate surface area is 113 Å². The van der Waals surface area contributed by atoms with Crippen molar-refractivity contribution in [2.45, 2.75) is 96.6 Å². The van der Waals surface area contributed by atoms with E-state index < -0.39 is 0 Å². The quantitative estimate of drug-likeness (QED) is 0.750. The molecule has 0 aromatic heterocycles. The minimum atomic E-state index is 0.583. The van der Waals surface area contributed by atoms with Crippen molar-refractivity contribution in [1.29, 1.82) is 0 Å². The number of rotatable bonds is 2. The van der Waals surface area contributed by atoms with E-state index >= 15 is 0 Å². The van der Waals surface area contributed by atoms with Crippen molar-refractivity contribution in [1.82, 2.24) is 5.32 Å². The molecule has 3 saturated carbocycles. The summed E-state index contributed by atoms with van der Waals surface area (Å²) in [4.78, 5) is 0.